The summed E-state index contributed by atoms with van der Waals surface area (Å²) in [5.41, 5.74) is 2.51. The molecule has 3 heterocycles. The lowest BCUT2D eigenvalue weighted by molar-refractivity contribution is 0.297. The number of anilines is 1. The van der Waals surface area contributed by atoms with Gasteiger partial charge in [-0.15, -0.1) is 10.2 Å². The minimum Gasteiger partial charge on any atom is -0.371 e. The maximum Gasteiger partial charge on any atom is 0.135 e. The summed E-state index contributed by atoms with van der Waals surface area (Å²) < 4.78 is 33.2. The van der Waals surface area contributed by atoms with Crippen LogP contribution < -0.4 is 4.90 Å². The van der Waals surface area contributed by atoms with Gasteiger partial charge in [-0.05, 0) is 56.2 Å². The molecule has 0 radical (unpaired) electrons. The fourth-order valence-corrected chi connectivity index (χ4v) is 8.07. The van der Waals surface area contributed by atoms with Crippen LogP contribution in [0.25, 0.3) is 0 Å². The van der Waals surface area contributed by atoms with Crippen LogP contribution in [0.1, 0.15) is 60.7 Å². The van der Waals surface area contributed by atoms with E-state index < -0.39 is 9.71 Å². The van der Waals surface area contributed by atoms with Gasteiger partial charge in [-0.2, -0.15) is 0 Å². The molecule has 0 amide bonds. The Morgan fingerprint density at radius 2 is 1.83 bits per heavy atom. The summed E-state index contributed by atoms with van der Waals surface area (Å²) in [5.74, 6) is 5.34. The first kappa shape index (κ1) is 24.0. The van der Waals surface area contributed by atoms with E-state index in [-0.39, 0.29) is 17.1 Å². The van der Waals surface area contributed by atoms with Crippen molar-refractivity contribution in [2.75, 3.05) is 18.0 Å². The second-order valence-corrected chi connectivity index (χ2v) is 12.3. The first-order valence-corrected chi connectivity index (χ1v) is 14.1. The smallest absolute Gasteiger partial charge is 0.135 e. The molecule has 2 unspecified atom stereocenters. The second kappa shape index (κ2) is 9.74. The summed E-state index contributed by atoms with van der Waals surface area (Å²) in [7, 11) is -0.623. The molecule has 2 aromatic carbocycles. The molecule has 0 aliphatic carbocycles. The van der Waals surface area contributed by atoms with Crippen LogP contribution in [-0.4, -0.2) is 48.3 Å². The molecular weight excluding hydrogens is 461 g/mol. The molecular formula is C27H34FN5OS. The zero-order valence-electron chi connectivity index (χ0n) is 20.5. The van der Waals surface area contributed by atoms with Crippen LogP contribution >= 0.6 is 0 Å². The van der Waals surface area contributed by atoms with Gasteiger partial charge in [0.2, 0.25) is 0 Å². The molecule has 2 aliphatic heterocycles. The summed E-state index contributed by atoms with van der Waals surface area (Å²) in [6, 6.07) is 15.5. The summed E-state index contributed by atoms with van der Waals surface area (Å²) in [6.07, 6.45) is 5.41. The third-order valence-electron chi connectivity index (χ3n) is 7.69. The number of rotatable bonds is 5. The van der Waals surface area contributed by atoms with Crippen LogP contribution in [0, 0.1) is 5.82 Å². The van der Waals surface area contributed by atoms with Crippen molar-refractivity contribution < 1.29 is 8.60 Å². The van der Waals surface area contributed by atoms with Crippen molar-refractivity contribution in [3.8, 4) is 0 Å². The third kappa shape index (κ3) is 4.74. The van der Waals surface area contributed by atoms with Crippen molar-refractivity contribution in [3.63, 3.8) is 0 Å². The number of piperidine rings is 1. The zero-order chi connectivity index (χ0) is 24.6. The van der Waals surface area contributed by atoms with Crippen molar-refractivity contribution in [3.05, 3.63) is 77.6 Å². The predicted octanol–water partition coefficient (Wildman–Crippen LogP) is 4.70. The monoisotopic (exact) mass is 495 g/mol. The van der Waals surface area contributed by atoms with Gasteiger partial charge in [-0.1, -0.05) is 36.4 Å². The molecule has 2 fully saturated rings. The van der Waals surface area contributed by atoms with Crippen molar-refractivity contribution in [1.29, 1.82) is 0 Å². The molecule has 3 atom stereocenters. The number of aromatic nitrogens is 3. The van der Waals surface area contributed by atoms with E-state index in [0.717, 1.165) is 55.8 Å². The molecule has 35 heavy (non-hydrogen) atoms. The average molecular weight is 496 g/mol. The lowest BCUT2D eigenvalue weighted by Gasteiger charge is -2.41. The summed E-state index contributed by atoms with van der Waals surface area (Å²) >= 11 is 0. The zero-order valence-corrected chi connectivity index (χ0v) is 21.3. The van der Waals surface area contributed by atoms with E-state index in [2.05, 4.69) is 27.9 Å². The molecule has 1 aromatic heterocycles. The van der Waals surface area contributed by atoms with Crippen molar-refractivity contribution in [1.82, 2.24) is 19.1 Å². The highest BCUT2D eigenvalue weighted by molar-refractivity contribution is 7.98. The van der Waals surface area contributed by atoms with E-state index in [1.807, 2.05) is 58.4 Å². The van der Waals surface area contributed by atoms with Gasteiger partial charge in [0.25, 0.3) is 0 Å². The van der Waals surface area contributed by atoms with Gasteiger partial charge < -0.3 is 9.47 Å². The molecule has 0 N–H and O–H groups in total. The van der Waals surface area contributed by atoms with Crippen LogP contribution in [0.4, 0.5) is 10.1 Å². The van der Waals surface area contributed by atoms with E-state index >= 15 is 4.39 Å². The number of aryl methyl sites for hydroxylation is 1. The SMILES string of the molecule is C=S1(=O)C(c2ccccc2)CC[C@H](C)N1Cc1ccc(N2CCC(c3nncn3C)CC2)cc1F. The highest BCUT2D eigenvalue weighted by Gasteiger charge is 2.36. The molecule has 0 spiro atoms. The molecule has 186 valence electrons. The highest BCUT2D eigenvalue weighted by atomic mass is 32.2. The molecule has 5 rings (SSSR count). The Balaban J connectivity index is 1.29. The number of benzene rings is 2. The molecule has 0 bridgehead atoms. The largest absolute Gasteiger partial charge is 0.371 e. The Bertz CT molecular complexity index is 1270. The van der Waals surface area contributed by atoms with Crippen LogP contribution in [0.2, 0.25) is 0 Å². The summed E-state index contributed by atoms with van der Waals surface area (Å²) in [6.45, 7) is 4.07. The number of hydrogen-bond donors (Lipinski definition) is 0. The Morgan fingerprint density at radius 1 is 1.09 bits per heavy atom. The maximum absolute atomic E-state index is 15.3. The molecule has 2 aliphatic rings. The van der Waals surface area contributed by atoms with E-state index in [0.29, 0.717) is 18.0 Å². The summed E-state index contributed by atoms with van der Waals surface area (Å²) in [5, 5.41) is 8.12. The Hall–Kier alpha value is -2.71. The topological polar surface area (TPSA) is 54.3 Å². The Morgan fingerprint density at radius 3 is 2.49 bits per heavy atom. The van der Waals surface area contributed by atoms with Crippen molar-refractivity contribution in [2.24, 2.45) is 7.05 Å². The number of nitrogens with zero attached hydrogens (tertiary/aromatic N) is 5. The van der Waals surface area contributed by atoms with Crippen molar-refractivity contribution in [2.45, 2.75) is 56.4 Å². The first-order chi connectivity index (χ1) is 16.8. The minimum atomic E-state index is -2.60. The van der Waals surface area contributed by atoms with Crippen LogP contribution in [0.5, 0.6) is 0 Å². The van der Waals surface area contributed by atoms with E-state index in [9.17, 15) is 4.21 Å². The lowest BCUT2D eigenvalue weighted by Crippen LogP contribution is -2.44. The van der Waals surface area contributed by atoms with Crippen LogP contribution in [0.15, 0.2) is 54.9 Å². The Labute approximate surface area is 207 Å². The molecule has 8 heteroatoms. The highest BCUT2D eigenvalue weighted by Crippen LogP contribution is 2.38. The third-order valence-corrected chi connectivity index (χ3v) is 10.4. The van der Waals surface area contributed by atoms with Gasteiger partial charge in [0, 0.05) is 59.6 Å². The molecule has 0 saturated carbocycles. The van der Waals surface area contributed by atoms with Gasteiger partial charge in [0.15, 0.2) is 0 Å². The minimum absolute atomic E-state index is 0.0821. The number of hydrogen-bond acceptors (Lipinski definition) is 4. The van der Waals surface area contributed by atoms with Gasteiger partial charge in [-0.3, -0.25) is 4.21 Å². The second-order valence-electron chi connectivity index (χ2n) is 9.93. The van der Waals surface area contributed by atoms with Crippen molar-refractivity contribution >= 4 is 21.3 Å². The van der Waals surface area contributed by atoms with Crippen LogP contribution in [-0.2, 0) is 23.3 Å². The van der Waals surface area contributed by atoms with Crippen LogP contribution in [0.3, 0.4) is 0 Å². The van der Waals surface area contributed by atoms with E-state index in [1.54, 1.807) is 12.4 Å². The molecule has 2 saturated heterocycles. The fraction of sp³-hybridized carbons (Fsp3) is 0.444. The molecule has 6 nitrogen and oxygen atoms in total. The first-order valence-electron chi connectivity index (χ1n) is 12.4. The molecule has 3 aromatic rings. The van der Waals surface area contributed by atoms with E-state index in [4.69, 9.17) is 0 Å². The summed E-state index contributed by atoms with van der Waals surface area (Å²) in [4.78, 5) is 2.24. The average Bonchev–Trinajstić information content (AvgIpc) is 3.29. The van der Waals surface area contributed by atoms with Gasteiger partial charge >= 0.3 is 0 Å². The lowest BCUT2D eigenvalue weighted by atomic mass is 9.95. The predicted molar refractivity (Wildman–Crippen MR) is 140 cm³/mol. The van der Waals surface area contributed by atoms with E-state index in [1.165, 1.54) is 0 Å². The standard InChI is InChI=1S/C27H34FN5OS/c1-20-9-12-26(21-7-5-4-6-8-21)35(3,34)33(20)18-23-10-11-24(17-25(23)28)32-15-13-22(14-16-32)27-30-29-19-31(27)2/h4-8,10-11,17,19-20,22,26H,3,9,12-16,18H2,1-2H3/t20-,26?,35?/m0/s1. The normalized spacial score (nSPS) is 26.2. The Kier molecular flexibility index (Phi) is 6.68. The number of halogens is 1. The maximum atomic E-state index is 15.3. The van der Waals surface area contributed by atoms with Gasteiger partial charge in [0.1, 0.15) is 18.0 Å². The fourth-order valence-electron chi connectivity index (χ4n) is 5.59. The quantitative estimate of drug-likeness (QED) is 0.482. The van der Waals surface area contributed by atoms with Gasteiger partial charge in [-0.25, -0.2) is 8.70 Å². The van der Waals surface area contributed by atoms with Gasteiger partial charge in [0.05, 0.1) is 5.25 Å².